The van der Waals surface area contributed by atoms with E-state index in [1.54, 1.807) is 0 Å². The quantitative estimate of drug-likeness (QED) is 0.305. The Morgan fingerprint density at radius 1 is 1.06 bits per heavy atom. The summed E-state index contributed by atoms with van der Waals surface area (Å²) in [5.74, 6) is 1.68. The van der Waals surface area contributed by atoms with Crippen LogP contribution in [0, 0.1) is 0 Å². The smallest absolute Gasteiger partial charge is 0.228 e. The van der Waals surface area contributed by atoms with Gasteiger partial charge in [-0.15, -0.1) is 0 Å². The lowest BCUT2D eigenvalue weighted by Gasteiger charge is -2.45. The van der Waals surface area contributed by atoms with E-state index in [0.29, 0.717) is 6.61 Å². The topological polar surface area (TPSA) is 34.1 Å². The molecule has 0 saturated heterocycles. The lowest BCUT2D eigenvalue weighted by atomic mass is 9.77. The predicted molar refractivity (Wildman–Crippen MR) is 132 cm³/mol. The molecule has 2 aliphatic rings. The number of unbranched alkanes of at least 4 members (excludes halogenated alkanes) is 1. The van der Waals surface area contributed by atoms with Crippen LogP contribution in [-0.2, 0) is 5.41 Å². The molecule has 3 aromatic carbocycles. The molecule has 1 atom stereocenters. The van der Waals surface area contributed by atoms with E-state index in [2.05, 4.69) is 84.2 Å². The first-order chi connectivity index (χ1) is 15.0. The zero-order chi connectivity index (χ0) is 21.6. The molecule has 31 heavy (non-hydrogen) atoms. The maximum Gasteiger partial charge on any atom is 0.228 e. The predicted octanol–water partition coefficient (Wildman–Crippen LogP) is 6.61. The molecule has 2 aliphatic heterocycles. The van der Waals surface area contributed by atoms with Crippen LogP contribution in [0.25, 0.3) is 10.8 Å². The molecule has 0 aromatic heterocycles. The highest BCUT2D eigenvalue weighted by Crippen LogP contribution is 2.54. The van der Waals surface area contributed by atoms with Crippen molar-refractivity contribution in [1.82, 2.24) is 0 Å². The first-order valence-corrected chi connectivity index (χ1v) is 11.9. The van der Waals surface area contributed by atoms with Crippen molar-refractivity contribution >= 4 is 44.3 Å². The van der Waals surface area contributed by atoms with Gasteiger partial charge < -0.3 is 14.4 Å². The summed E-state index contributed by atoms with van der Waals surface area (Å²) in [7, 11) is 2.09. The van der Waals surface area contributed by atoms with E-state index in [-0.39, 0.29) is 5.41 Å². The maximum atomic E-state index is 6.78. The van der Waals surface area contributed by atoms with Gasteiger partial charge in [-0.2, -0.15) is 0 Å². The summed E-state index contributed by atoms with van der Waals surface area (Å²) in [6.07, 6.45) is 4.12. The number of hydrogen-bond donors (Lipinski definition) is 0. The number of halogens is 1. The number of benzene rings is 3. The number of aliphatic imine (C=N–C) groups is 1. The Morgan fingerprint density at radius 2 is 1.87 bits per heavy atom. The third-order valence-corrected chi connectivity index (χ3v) is 7.25. The minimum absolute atomic E-state index is 0.255. The number of para-hydroxylation sites is 1. The lowest BCUT2D eigenvalue weighted by molar-refractivity contribution is 0.0826. The molecule has 1 unspecified atom stereocenters. The number of alkyl halides is 1. The van der Waals surface area contributed by atoms with Gasteiger partial charge in [-0.3, -0.25) is 4.99 Å². The van der Waals surface area contributed by atoms with Crippen LogP contribution in [0.2, 0.25) is 0 Å². The molecule has 1 spiro atoms. The molecule has 0 fully saturated rings. The van der Waals surface area contributed by atoms with Gasteiger partial charge in [0.1, 0.15) is 17.2 Å². The van der Waals surface area contributed by atoms with Crippen LogP contribution < -0.4 is 14.4 Å². The number of ether oxygens (including phenoxy) is 2. The Morgan fingerprint density at radius 3 is 2.68 bits per heavy atom. The van der Waals surface area contributed by atoms with E-state index in [9.17, 15) is 0 Å². The molecular formula is C26H27BrN2O2. The summed E-state index contributed by atoms with van der Waals surface area (Å²) in [4.78, 5) is 7.19. The molecule has 0 radical (unpaired) electrons. The van der Waals surface area contributed by atoms with Crippen molar-refractivity contribution in [2.75, 3.05) is 23.9 Å². The molecule has 160 valence electrons. The Bertz CT molecular complexity index is 1170. The largest absolute Gasteiger partial charge is 0.494 e. The van der Waals surface area contributed by atoms with Gasteiger partial charge in [-0.1, -0.05) is 46.3 Å². The first kappa shape index (κ1) is 20.4. The molecular weight excluding hydrogens is 452 g/mol. The molecule has 2 heterocycles. The molecule has 0 N–H and O–H groups in total. The minimum Gasteiger partial charge on any atom is -0.494 e. The number of nitrogens with zero attached hydrogens (tertiary/aromatic N) is 2. The van der Waals surface area contributed by atoms with Gasteiger partial charge in [0, 0.05) is 23.5 Å². The fraction of sp³-hybridized carbons (Fsp3) is 0.346. The van der Waals surface area contributed by atoms with Crippen molar-refractivity contribution in [3.63, 3.8) is 0 Å². The second-order valence-electron chi connectivity index (χ2n) is 8.80. The van der Waals surface area contributed by atoms with Crippen molar-refractivity contribution in [2.24, 2.45) is 4.99 Å². The third-order valence-electron chi connectivity index (χ3n) is 6.69. The summed E-state index contributed by atoms with van der Waals surface area (Å²) in [5.41, 5.74) is 2.40. The van der Waals surface area contributed by atoms with Crippen molar-refractivity contribution in [3.8, 4) is 11.5 Å². The average Bonchev–Trinajstić information content (AvgIpc) is 2.95. The molecule has 0 aliphatic carbocycles. The van der Waals surface area contributed by atoms with E-state index < -0.39 is 5.72 Å². The molecule has 5 heteroatoms. The van der Waals surface area contributed by atoms with Crippen LogP contribution in [0.5, 0.6) is 11.5 Å². The highest BCUT2D eigenvalue weighted by Gasteiger charge is 2.58. The van der Waals surface area contributed by atoms with Gasteiger partial charge in [0.2, 0.25) is 5.72 Å². The standard InChI is InChI=1S/C26H27BrN2O2/c1-25(2)21-8-4-5-9-22(21)29(3)26(25)17-28-24-20-16-19(30-15-7-6-14-27)12-10-18(20)11-13-23(24)31-26/h4-5,8-13,16-17H,6-7,14-15H2,1-3H3. The second kappa shape index (κ2) is 7.56. The molecule has 3 aromatic rings. The Kier molecular flexibility index (Phi) is 4.97. The number of fused-ring (bicyclic) bond motifs is 4. The van der Waals surface area contributed by atoms with E-state index in [1.165, 1.54) is 11.3 Å². The van der Waals surface area contributed by atoms with Gasteiger partial charge in [0.15, 0.2) is 0 Å². The van der Waals surface area contributed by atoms with E-state index in [1.807, 2.05) is 18.3 Å². The lowest BCUT2D eigenvalue weighted by Crippen LogP contribution is -2.61. The van der Waals surface area contributed by atoms with Gasteiger partial charge in [0.25, 0.3) is 0 Å². The highest BCUT2D eigenvalue weighted by atomic mass is 79.9. The third kappa shape index (κ3) is 3.05. The van der Waals surface area contributed by atoms with Gasteiger partial charge in [-0.25, -0.2) is 0 Å². The fourth-order valence-corrected chi connectivity index (χ4v) is 5.23. The molecule has 0 amide bonds. The summed E-state index contributed by atoms with van der Waals surface area (Å²) >= 11 is 3.47. The van der Waals surface area contributed by atoms with Crippen LogP contribution in [0.4, 0.5) is 11.4 Å². The number of likely N-dealkylation sites (N-methyl/N-ethyl adjacent to an activating group) is 1. The fourth-order valence-electron chi connectivity index (χ4n) is 4.83. The van der Waals surface area contributed by atoms with Crippen LogP contribution in [0.15, 0.2) is 59.6 Å². The molecule has 0 bridgehead atoms. The number of rotatable bonds is 5. The number of anilines is 1. The van der Waals surface area contributed by atoms with Crippen LogP contribution in [-0.4, -0.2) is 30.9 Å². The maximum absolute atomic E-state index is 6.78. The molecule has 5 rings (SSSR count). The normalized spacial score (nSPS) is 20.6. The van der Waals surface area contributed by atoms with Crippen LogP contribution in [0.3, 0.4) is 0 Å². The molecule has 0 saturated carbocycles. The van der Waals surface area contributed by atoms with E-state index >= 15 is 0 Å². The zero-order valence-electron chi connectivity index (χ0n) is 18.2. The SMILES string of the molecule is CN1c2ccccc2C(C)(C)C12C=Nc1c(ccc3ccc(OCCCCBr)cc13)O2. The summed E-state index contributed by atoms with van der Waals surface area (Å²) < 4.78 is 12.8. The summed E-state index contributed by atoms with van der Waals surface area (Å²) in [5, 5.41) is 3.19. The number of hydrogen-bond acceptors (Lipinski definition) is 4. The highest BCUT2D eigenvalue weighted by molar-refractivity contribution is 9.09. The zero-order valence-corrected chi connectivity index (χ0v) is 19.8. The van der Waals surface area contributed by atoms with Crippen molar-refractivity contribution in [1.29, 1.82) is 0 Å². The van der Waals surface area contributed by atoms with Gasteiger partial charge in [0.05, 0.1) is 18.2 Å². The van der Waals surface area contributed by atoms with Crippen LogP contribution >= 0.6 is 15.9 Å². The minimum atomic E-state index is -0.666. The van der Waals surface area contributed by atoms with Crippen LogP contribution in [0.1, 0.15) is 32.3 Å². The average molecular weight is 479 g/mol. The van der Waals surface area contributed by atoms with Crippen molar-refractivity contribution in [3.05, 3.63) is 60.2 Å². The first-order valence-electron chi connectivity index (χ1n) is 10.8. The summed E-state index contributed by atoms with van der Waals surface area (Å²) in [6.45, 7) is 5.17. The summed E-state index contributed by atoms with van der Waals surface area (Å²) in [6, 6.07) is 18.9. The van der Waals surface area contributed by atoms with E-state index in [0.717, 1.165) is 46.1 Å². The Labute approximate surface area is 192 Å². The molecule has 4 nitrogen and oxygen atoms in total. The van der Waals surface area contributed by atoms with E-state index in [4.69, 9.17) is 14.5 Å². The Hall–Kier alpha value is -2.53. The van der Waals surface area contributed by atoms with Crippen molar-refractivity contribution < 1.29 is 9.47 Å². The van der Waals surface area contributed by atoms with Gasteiger partial charge >= 0.3 is 0 Å². The Balaban J connectivity index is 1.53. The second-order valence-corrected chi connectivity index (χ2v) is 9.59. The van der Waals surface area contributed by atoms with Gasteiger partial charge in [-0.05, 0) is 61.9 Å². The monoisotopic (exact) mass is 478 g/mol. The van der Waals surface area contributed by atoms with Crippen molar-refractivity contribution in [2.45, 2.75) is 37.8 Å².